The molecular formula is C46H27F3N4S. The minimum atomic E-state index is -4.52. The second-order valence-corrected chi connectivity index (χ2v) is 14.2. The highest BCUT2D eigenvalue weighted by atomic mass is 32.1. The van der Waals surface area contributed by atoms with Crippen LogP contribution in [0.15, 0.2) is 164 Å². The Kier molecular flexibility index (Phi) is 7.42. The molecule has 0 aliphatic carbocycles. The van der Waals surface area contributed by atoms with Crippen LogP contribution >= 0.6 is 11.3 Å². The highest BCUT2D eigenvalue weighted by Gasteiger charge is 2.31. The van der Waals surface area contributed by atoms with Gasteiger partial charge in [-0.2, -0.15) is 13.2 Å². The average molecular weight is 725 g/mol. The largest absolute Gasteiger partial charge is 0.416 e. The SMILES string of the molecule is FC(F)(F)c1ccc2c3ccccc3n(-c3ccc(-c4cccc5sc6ccccc6c45)cc3-c3nc(-c4ccccc4)nc(-c4ccccc4)n3)c2c1. The first-order chi connectivity index (χ1) is 26.4. The van der Waals surface area contributed by atoms with Crippen LogP contribution in [0.1, 0.15) is 5.56 Å². The number of hydrogen-bond donors (Lipinski definition) is 0. The molecular weight excluding hydrogens is 698 g/mol. The summed E-state index contributed by atoms with van der Waals surface area (Å²) < 4.78 is 47.1. The molecule has 0 aliphatic heterocycles. The van der Waals surface area contributed by atoms with Crippen LogP contribution in [0.2, 0.25) is 0 Å². The van der Waals surface area contributed by atoms with Crippen LogP contribution < -0.4 is 0 Å². The molecule has 54 heavy (non-hydrogen) atoms. The smallest absolute Gasteiger partial charge is 0.308 e. The predicted molar refractivity (Wildman–Crippen MR) is 214 cm³/mol. The standard InChI is InChI=1S/C46H27F3N4S/c47-46(48,49)31-23-24-34-33-16-7-9-19-37(33)53(39(34)27-31)38-25-22-30(32-18-11-21-41-42(32)35-17-8-10-20-40(35)54-41)26-36(38)45-51-43(28-12-3-1-4-13-28)50-44(52-45)29-14-5-2-6-15-29/h1-27H. The third kappa shape index (κ3) is 5.33. The Hall–Kier alpha value is -6.64. The van der Waals surface area contributed by atoms with Gasteiger partial charge in [-0.3, -0.25) is 0 Å². The van der Waals surface area contributed by atoms with Gasteiger partial charge in [0.15, 0.2) is 17.5 Å². The molecule has 7 aromatic carbocycles. The van der Waals surface area contributed by atoms with Crippen molar-refractivity contribution in [2.24, 2.45) is 0 Å². The number of rotatable bonds is 5. The van der Waals surface area contributed by atoms with Crippen molar-refractivity contribution in [3.05, 3.63) is 169 Å². The van der Waals surface area contributed by atoms with Gasteiger partial charge < -0.3 is 4.57 Å². The molecule has 0 saturated heterocycles. The molecule has 0 aliphatic rings. The molecule has 10 aromatic rings. The quantitative estimate of drug-likeness (QED) is 0.177. The number of aromatic nitrogens is 4. The van der Waals surface area contributed by atoms with E-state index in [1.165, 1.54) is 20.9 Å². The third-order valence-corrected chi connectivity index (χ3v) is 11.0. The lowest BCUT2D eigenvalue weighted by atomic mass is 9.96. The van der Waals surface area contributed by atoms with E-state index in [9.17, 15) is 13.2 Å². The molecule has 0 spiro atoms. The number of para-hydroxylation sites is 1. The number of halogens is 3. The Labute approximate surface area is 311 Å². The monoisotopic (exact) mass is 724 g/mol. The minimum Gasteiger partial charge on any atom is -0.308 e. The summed E-state index contributed by atoms with van der Waals surface area (Å²) in [6.07, 6.45) is -4.52. The van der Waals surface area contributed by atoms with Crippen LogP contribution in [0.5, 0.6) is 0 Å². The van der Waals surface area contributed by atoms with Gasteiger partial charge in [0.1, 0.15) is 0 Å². The number of alkyl halides is 3. The molecule has 8 heteroatoms. The molecule has 0 bridgehead atoms. The third-order valence-electron chi connectivity index (χ3n) is 9.89. The first kappa shape index (κ1) is 32.0. The Morgan fingerprint density at radius 2 is 1.06 bits per heavy atom. The molecule has 0 N–H and O–H groups in total. The maximum atomic E-state index is 14.3. The highest BCUT2D eigenvalue weighted by Crippen LogP contribution is 2.43. The fourth-order valence-corrected chi connectivity index (χ4v) is 8.56. The first-order valence-electron chi connectivity index (χ1n) is 17.4. The van der Waals surface area contributed by atoms with Gasteiger partial charge in [-0.1, -0.05) is 121 Å². The fourth-order valence-electron chi connectivity index (χ4n) is 7.43. The summed E-state index contributed by atoms with van der Waals surface area (Å²) in [5.74, 6) is 1.38. The summed E-state index contributed by atoms with van der Waals surface area (Å²) in [7, 11) is 0. The number of thiophene rings is 1. The van der Waals surface area contributed by atoms with Crippen LogP contribution in [0.25, 0.3) is 93.0 Å². The molecule has 0 atom stereocenters. The summed E-state index contributed by atoms with van der Waals surface area (Å²) >= 11 is 1.75. The van der Waals surface area contributed by atoms with Gasteiger partial charge in [0, 0.05) is 47.6 Å². The zero-order chi connectivity index (χ0) is 36.4. The van der Waals surface area contributed by atoms with E-state index in [1.807, 2.05) is 102 Å². The van der Waals surface area contributed by atoms with E-state index in [4.69, 9.17) is 15.0 Å². The molecule has 0 saturated carbocycles. The molecule has 258 valence electrons. The Morgan fingerprint density at radius 1 is 0.444 bits per heavy atom. The van der Waals surface area contributed by atoms with E-state index in [-0.39, 0.29) is 0 Å². The lowest BCUT2D eigenvalue weighted by Crippen LogP contribution is -2.06. The van der Waals surface area contributed by atoms with Crippen molar-refractivity contribution in [2.45, 2.75) is 6.18 Å². The van der Waals surface area contributed by atoms with Crippen LogP contribution in [-0.4, -0.2) is 19.5 Å². The van der Waals surface area contributed by atoms with Crippen LogP contribution in [0.4, 0.5) is 13.2 Å². The summed E-state index contributed by atoms with van der Waals surface area (Å²) in [5, 5.41) is 3.87. The van der Waals surface area contributed by atoms with E-state index in [0.717, 1.165) is 44.6 Å². The fraction of sp³-hybridized carbons (Fsp3) is 0.0217. The summed E-state index contributed by atoms with van der Waals surface area (Å²) in [6, 6.07) is 51.9. The average Bonchev–Trinajstić information content (AvgIpc) is 3.76. The maximum Gasteiger partial charge on any atom is 0.416 e. The van der Waals surface area contributed by atoms with Crippen molar-refractivity contribution in [2.75, 3.05) is 0 Å². The van der Waals surface area contributed by atoms with Gasteiger partial charge in [-0.05, 0) is 53.6 Å². The predicted octanol–water partition coefficient (Wildman–Crippen LogP) is 13.0. The second-order valence-electron chi connectivity index (χ2n) is 13.1. The summed E-state index contributed by atoms with van der Waals surface area (Å²) in [4.78, 5) is 15.1. The lowest BCUT2D eigenvalue weighted by Gasteiger charge is -2.17. The van der Waals surface area contributed by atoms with Crippen LogP contribution in [-0.2, 0) is 6.18 Å². The van der Waals surface area contributed by atoms with Gasteiger partial charge in [-0.15, -0.1) is 11.3 Å². The summed E-state index contributed by atoms with van der Waals surface area (Å²) in [6.45, 7) is 0. The highest BCUT2D eigenvalue weighted by molar-refractivity contribution is 7.25. The molecule has 0 unspecified atom stereocenters. The molecule has 0 fully saturated rings. The Balaban J connectivity index is 1.31. The van der Waals surface area contributed by atoms with Crippen molar-refractivity contribution in [1.82, 2.24) is 19.5 Å². The van der Waals surface area contributed by atoms with Crippen LogP contribution in [0.3, 0.4) is 0 Å². The van der Waals surface area contributed by atoms with Gasteiger partial charge >= 0.3 is 6.18 Å². The number of benzene rings is 7. The molecule has 10 rings (SSSR count). The maximum absolute atomic E-state index is 14.3. The number of fused-ring (bicyclic) bond motifs is 6. The first-order valence-corrected chi connectivity index (χ1v) is 18.3. The van der Waals surface area contributed by atoms with Gasteiger partial charge in [0.25, 0.3) is 0 Å². The normalized spacial score (nSPS) is 12.0. The van der Waals surface area contributed by atoms with E-state index < -0.39 is 11.7 Å². The van der Waals surface area contributed by atoms with Crippen LogP contribution in [0, 0.1) is 0 Å². The van der Waals surface area contributed by atoms with E-state index in [2.05, 4.69) is 48.5 Å². The summed E-state index contributed by atoms with van der Waals surface area (Å²) in [5.41, 5.74) is 5.40. The number of hydrogen-bond acceptors (Lipinski definition) is 4. The molecule has 4 nitrogen and oxygen atoms in total. The van der Waals surface area contributed by atoms with Crippen molar-refractivity contribution in [3.63, 3.8) is 0 Å². The van der Waals surface area contributed by atoms with Crippen molar-refractivity contribution >= 4 is 53.3 Å². The van der Waals surface area contributed by atoms with Gasteiger partial charge in [0.05, 0.1) is 22.3 Å². The van der Waals surface area contributed by atoms with E-state index in [0.29, 0.717) is 39.6 Å². The molecule has 0 amide bonds. The lowest BCUT2D eigenvalue weighted by molar-refractivity contribution is -0.137. The Morgan fingerprint density at radius 3 is 1.78 bits per heavy atom. The van der Waals surface area contributed by atoms with Crippen molar-refractivity contribution < 1.29 is 13.2 Å². The second kappa shape index (κ2) is 12.5. The zero-order valence-electron chi connectivity index (χ0n) is 28.4. The molecule has 3 aromatic heterocycles. The Bertz CT molecular complexity index is 2980. The van der Waals surface area contributed by atoms with Gasteiger partial charge in [-0.25, -0.2) is 15.0 Å². The van der Waals surface area contributed by atoms with E-state index in [1.54, 1.807) is 17.4 Å². The van der Waals surface area contributed by atoms with E-state index >= 15 is 0 Å². The van der Waals surface area contributed by atoms with Crippen molar-refractivity contribution in [3.8, 4) is 51.0 Å². The van der Waals surface area contributed by atoms with Gasteiger partial charge in [0.2, 0.25) is 0 Å². The number of nitrogens with zero attached hydrogens (tertiary/aromatic N) is 4. The molecule has 3 heterocycles. The van der Waals surface area contributed by atoms with Crippen molar-refractivity contribution in [1.29, 1.82) is 0 Å². The molecule has 0 radical (unpaired) electrons. The minimum absolute atomic E-state index is 0.403. The topological polar surface area (TPSA) is 43.6 Å². The zero-order valence-corrected chi connectivity index (χ0v) is 29.2.